The smallest absolute Gasteiger partial charge is 0.416 e. The predicted molar refractivity (Wildman–Crippen MR) is 80.4 cm³/mol. The Labute approximate surface area is 139 Å². The van der Waals surface area contributed by atoms with Crippen LogP contribution < -0.4 is 4.74 Å². The summed E-state index contributed by atoms with van der Waals surface area (Å²) in [5, 5.41) is 13.4. The van der Waals surface area contributed by atoms with Gasteiger partial charge >= 0.3 is 6.18 Å². The number of hydrogen-bond donors (Lipinski definition) is 1. The van der Waals surface area contributed by atoms with Gasteiger partial charge in [-0.3, -0.25) is 0 Å². The van der Waals surface area contributed by atoms with Crippen LogP contribution in [0.2, 0.25) is 5.02 Å². The summed E-state index contributed by atoms with van der Waals surface area (Å²) in [4.78, 5) is 0. The van der Waals surface area contributed by atoms with Crippen molar-refractivity contribution in [1.29, 1.82) is 0 Å². The molecule has 0 saturated carbocycles. The van der Waals surface area contributed by atoms with Crippen molar-refractivity contribution in [2.24, 2.45) is 0 Å². The van der Waals surface area contributed by atoms with Crippen molar-refractivity contribution in [2.45, 2.75) is 12.8 Å². The molecule has 1 N–H and O–H groups in total. The Hall–Kier alpha value is -2.61. The van der Waals surface area contributed by atoms with Gasteiger partial charge in [0.2, 0.25) is 0 Å². The monoisotopic (exact) mass is 354 g/mol. The predicted octanol–water partition coefficient (Wildman–Crippen LogP) is 4.12. The van der Waals surface area contributed by atoms with Crippen LogP contribution >= 0.6 is 11.6 Å². The van der Waals surface area contributed by atoms with E-state index >= 15 is 0 Å². The maximum atomic E-state index is 12.6. The fraction of sp³-hybridized carbons (Fsp3) is 0.133. The zero-order chi connectivity index (χ0) is 17.2. The summed E-state index contributed by atoms with van der Waals surface area (Å²) in [6.45, 7) is 0.139. The molecule has 0 saturated heterocycles. The van der Waals surface area contributed by atoms with Gasteiger partial charge in [-0.1, -0.05) is 29.8 Å². The zero-order valence-electron chi connectivity index (χ0n) is 12.0. The number of tetrazole rings is 1. The first kappa shape index (κ1) is 16.3. The SMILES string of the molecule is FC(F)(F)c1ccc(OCc2cccc(-c3nnn[nH]3)c2)c(Cl)c1. The molecule has 0 radical (unpaired) electrons. The van der Waals surface area contributed by atoms with Gasteiger partial charge in [-0.05, 0) is 40.3 Å². The fourth-order valence-corrected chi connectivity index (χ4v) is 2.28. The van der Waals surface area contributed by atoms with Crippen molar-refractivity contribution in [2.75, 3.05) is 0 Å². The second-order valence-corrected chi connectivity index (χ2v) is 5.29. The van der Waals surface area contributed by atoms with Crippen molar-refractivity contribution < 1.29 is 17.9 Å². The van der Waals surface area contributed by atoms with Gasteiger partial charge in [0.1, 0.15) is 12.4 Å². The number of hydrogen-bond acceptors (Lipinski definition) is 4. The summed E-state index contributed by atoms with van der Waals surface area (Å²) in [6, 6.07) is 10.2. The van der Waals surface area contributed by atoms with Gasteiger partial charge in [-0.15, -0.1) is 5.10 Å². The van der Waals surface area contributed by atoms with E-state index in [2.05, 4.69) is 20.6 Å². The molecule has 0 aliphatic heterocycles. The number of H-pyrrole nitrogens is 1. The maximum absolute atomic E-state index is 12.6. The Bertz CT molecular complexity index is 837. The van der Waals surface area contributed by atoms with Gasteiger partial charge in [-0.25, -0.2) is 5.10 Å². The van der Waals surface area contributed by atoms with E-state index in [9.17, 15) is 13.2 Å². The number of alkyl halides is 3. The average Bonchev–Trinajstić information content (AvgIpc) is 3.07. The summed E-state index contributed by atoms with van der Waals surface area (Å²) < 4.78 is 43.3. The molecule has 0 bridgehead atoms. The van der Waals surface area contributed by atoms with Crippen LogP contribution in [0, 0.1) is 0 Å². The number of nitrogens with one attached hydrogen (secondary N) is 1. The molecule has 0 aliphatic carbocycles. The number of aromatic amines is 1. The second kappa shape index (κ2) is 6.48. The average molecular weight is 355 g/mol. The van der Waals surface area contributed by atoms with E-state index in [0.717, 1.165) is 23.3 Å². The molecule has 5 nitrogen and oxygen atoms in total. The number of aromatic nitrogens is 4. The summed E-state index contributed by atoms with van der Waals surface area (Å²) in [6.07, 6.45) is -4.44. The maximum Gasteiger partial charge on any atom is 0.416 e. The third-order valence-corrected chi connectivity index (χ3v) is 3.49. The number of halogens is 4. The molecular weight excluding hydrogens is 345 g/mol. The van der Waals surface area contributed by atoms with E-state index in [0.29, 0.717) is 5.82 Å². The molecule has 0 unspecified atom stereocenters. The molecule has 1 heterocycles. The van der Waals surface area contributed by atoms with Crippen LogP contribution in [0.1, 0.15) is 11.1 Å². The van der Waals surface area contributed by atoms with Crippen molar-refractivity contribution in [3.8, 4) is 17.1 Å². The largest absolute Gasteiger partial charge is 0.487 e. The number of ether oxygens (including phenoxy) is 1. The quantitative estimate of drug-likeness (QED) is 0.765. The Morgan fingerprint density at radius 3 is 2.62 bits per heavy atom. The highest BCUT2D eigenvalue weighted by atomic mass is 35.5. The number of nitrogens with zero attached hydrogens (tertiary/aromatic N) is 3. The molecule has 1 aromatic heterocycles. The van der Waals surface area contributed by atoms with Crippen LogP contribution in [0.15, 0.2) is 42.5 Å². The van der Waals surface area contributed by atoms with Crippen molar-refractivity contribution >= 4 is 11.6 Å². The minimum absolute atomic E-state index is 0.0968. The summed E-state index contributed by atoms with van der Waals surface area (Å²) >= 11 is 5.86. The topological polar surface area (TPSA) is 63.7 Å². The Balaban J connectivity index is 1.73. The van der Waals surface area contributed by atoms with E-state index in [-0.39, 0.29) is 17.4 Å². The van der Waals surface area contributed by atoms with Crippen LogP contribution in [0.5, 0.6) is 5.75 Å². The van der Waals surface area contributed by atoms with E-state index in [1.165, 1.54) is 6.07 Å². The van der Waals surface area contributed by atoms with Gasteiger partial charge < -0.3 is 4.74 Å². The van der Waals surface area contributed by atoms with Crippen LogP contribution in [0.3, 0.4) is 0 Å². The third kappa shape index (κ3) is 3.65. The molecule has 0 fully saturated rings. The number of rotatable bonds is 4. The molecule has 3 aromatic rings. The van der Waals surface area contributed by atoms with Crippen LogP contribution in [-0.2, 0) is 12.8 Å². The molecule has 2 aromatic carbocycles. The molecule has 124 valence electrons. The lowest BCUT2D eigenvalue weighted by Gasteiger charge is -2.11. The lowest BCUT2D eigenvalue weighted by molar-refractivity contribution is -0.137. The molecule has 0 spiro atoms. The third-order valence-electron chi connectivity index (χ3n) is 3.20. The Morgan fingerprint density at radius 2 is 1.96 bits per heavy atom. The van der Waals surface area contributed by atoms with Gasteiger partial charge in [-0.2, -0.15) is 13.2 Å². The highest BCUT2D eigenvalue weighted by Crippen LogP contribution is 2.35. The highest BCUT2D eigenvalue weighted by Gasteiger charge is 2.31. The molecular formula is C15H10ClF3N4O. The van der Waals surface area contributed by atoms with E-state index in [4.69, 9.17) is 16.3 Å². The summed E-state index contributed by atoms with van der Waals surface area (Å²) in [5.41, 5.74) is 0.735. The molecule has 3 rings (SSSR count). The fourth-order valence-electron chi connectivity index (χ4n) is 2.05. The standard InChI is InChI=1S/C15H10ClF3N4O/c16-12-7-11(15(17,18)19)4-5-13(12)24-8-9-2-1-3-10(6-9)14-20-22-23-21-14/h1-7H,8H2,(H,20,21,22,23). The molecule has 0 amide bonds. The van der Waals surface area contributed by atoms with Crippen LogP contribution in [-0.4, -0.2) is 20.6 Å². The minimum Gasteiger partial charge on any atom is -0.487 e. The second-order valence-electron chi connectivity index (χ2n) is 4.88. The molecule has 24 heavy (non-hydrogen) atoms. The van der Waals surface area contributed by atoms with Crippen molar-refractivity contribution in [3.63, 3.8) is 0 Å². The first-order chi connectivity index (χ1) is 11.4. The van der Waals surface area contributed by atoms with Crippen molar-refractivity contribution in [3.05, 3.63) is 58.6 Å². The zero-order valence-corrected chi connectivity index (χ0v) is 12.8. The Kier molecular flexibility index (Phi) is 4.39. The van der Waals surface area contributed by atoms with Crippen LogP contribution in [0.25, 0.3) is 11.4 Å². The van der Waals surface area contributed by atoms with Crippen LogP contribution in [0.4, 0.5) is 13.2 Å². The van der Waals surface area contributed by atoms with Gasteiger partial charge in [0, 0.05) is 5.56 Å². The highest BCUT2D eigenvalue weighted by molar-refractivity contribution is 6.32. The summed E-state index contributed by atoms with van der Waals surface area (Å²) in [5.74, 6) is 0.681. The van der Waals surface area contributed by atoms with Gasteiger partial charge in [0.15, 0.2) is 5.82 Å². The first-order valence-corrected chi connectivity index (χ1v) is 7.14. The lowest BCUT2D eigenvalue weighted by atomic mass is 10.1. The Morgan fingerprint density at radius 1 is 1.12 bits per heavy atom. The minimum atomic E-state index is -4.44. The molecule has 9 heteroatoms. The number of benzene rings is 2. The van der Waals surface area contributed by atoms with Gasteiger partial charge in [0.05, 0.1) is 10.6 Å². The lowest BCUT2D eigenvalue weighted by Crippen LogP contribution is -2.05. The van der Waals surface area contributed by atoms with E-state index < -0.39 is 11.7 Å². The molecule has 0 aliphatic rings. The normalized spacial score (nSPS) is 11.5. The molecule has 0 atom stereocenters. The van der Waals surface area contributed by atoms with E-state index in [1.54, 1.807) is 12.1 Å². The van der Waals surface area contributed by atoms with E-state index in [1.807, 2.05) is 12.1 Å². The summed E-state index contributed by atoms with van der Waals surface area (Å²) in [7, 11) is 0. The first-order valence-electron chi connectivity index (χ1n) is 6.76. The van der Waals surface area contributed by atoms with Crippen molar-refractivity contribution in [1.82, 2.24) is 20.6 Å². The van der Waals surface area contributed by atoms with Gasteiger partial charge in [0.25, 0.3) is 0 Å².